The summed E-state index contributed by atoms with van der Waals surface area (Å²) in [4.78, 5) is 24.2. The molecule has 0 aliphatic heterocycles. The van der Waals surface area contributed by atoms with Gasteiger partial charge in [-0.1, -0.05) is 0 Å². The summed E-state index contributed by atoms with van der Waals surface area (Å²) in [5.74, 6) is -2.21. The first kappa shape index (κ1) is 20.9. The molecule has 140 valence electrons. The highest BCUT2D eigenvalue weighted by molar-refractivity contribution is 7.79. The summed E-state index contributed by atoms with van der Waals surface area (Å²) in [6, 6.07) is 2.78. The molecular formula is C16H22O8S. The molecule has 0 heterocycles. The van der Waals surface area contributed by atoms with E-state index in [2.05, 4.69) is 0 Å². The Hall–Kier alpha value is -2.13. The van der Waals surface area contributed by atoms with Gasteiger partial charge in [-0.25, -0.2) is 4.21 Å². The van der Waals surface area contributed by atoms with Crippen molar-refractivity contribution in [2.75, 3.05) is 27.4 Å². The molecule has 1 aromatic carbocycles. The third-order valence-corrected chi connectivity index (χ3v) is 4.08. The molecule has 1 rings (SSSR count). The fourth-order valence-corrected chi connectivity index (χ4v) is 2.77. The molecule has 0 saturated heterocycles. The monoisotopic (exact) mass is 374 g/mol. The van der Waals surface area contributed by atoms with Gasteiger partial charge in [-0.3, -0.25) is 9.59 Å². The number of esters is 2. The van der Waals surface area contributed by atoms with Crippen molar-refractivity contribution in [1.82, 2.24) is 0 Å². The lowest BCUT2D eigenvalue weighted by atomic mass is 9.99. The number of carbonyl (C=O) groups is 2. The van der Waals surface area contributed by atoms with Gasteiger partial charge in [0.05, 0.1) is 32.3 Å². The van der Waals surface area contributed by atoms with E-state index in [0.717, 1.165) is 0 Å². The molecule has 1 aromatic rings. The first-order chi connectivity index (χ1) is 11.9. The van der Waals surface area contributed by atoms with Crippen LogP contribution in [0, 0.1) is 5.92 Å². The van der Waals surface area contributed by atoms with Gasteiger partial charge in [-0.05, 0) is 31.9 Å². The van der Waals surface area contributed by atoms with Crippen LogP contribution in [0.1, 0.15) is 19.4 Å². The van der Waals surface area contributed by atoms with Crippen molar-refractivity contribution in [3.63, 3.8) is 0 Å². The van der Waals surface area contributed by atoms with Crippen LogP contribution in [-0.2, 0) is 36.6 Å². The summed E-state index contributed by atoms with van der Waals surface area (Å²) in [7, 11) is 2.80. The van der Waals surface area contributed by atoms with Crippen molar-refractivity contribution >= 4 is 23.0 Å². The molecule has 1 N–H and O–H groups in total. The highest BCUT2D eigenvalue weighted by atomic mass is 32.2. The van der Waals surface area contributed by atoms with Crippen LogP contribution in [0.3, 0.4) is 0 Å². The van der Waals surface area contributed by atoms with Crippen molar-refractivity contribution < 1.29 is 37.3 Å². The topological polar surface area (TPSA) is 108 Å². The second-order valence-corrected chi connectivity index (χ2v) is 5.76. The number of hydrogen-bond donors (Lipinski definition) is 1. The van der Waals surface area contributed by atoms with Crippen LogP contribution < -0.4 is 9.47 Å². The van der Waals surface area contributed by atoms with Crippen LogP contribution in [0.5, 0.6) is 11.5 Å². The quantitative estimate of drug-likeness (QED) is 0.394. The first-order valence-electron chi connectivity index (χ1n) is 7.58. The van der Waals surface area contributed by atoms with Crippen LogP contribution in [-0.4, -0.2) is 48.1 Å². The minimum absolute atomic E-state index is 0.0104. The first-order valence-corrected chi connectivity index (χ1v) is 8.69. The van der Waals surface area contributed by atoms with Crippen molar-refractivity contribution in [3.05, 3.63) is 17.7 Å². The summed E-state index contributed by atoms with van der Waals surface area (Å²) in [6.07, 6.45) is -0.167. The van der Waals surface area contributed by atoms with Gasteiger partial charge in [-0.15, -0.1) is 0 Å². The molecule has 0 saturated carbocycles. The minimum Gasteiger partial charge on any atom is -0.493 e. The number of methoxy groups -OCH3 is 2. The van der Waals surface area contributed by atoms with Gasteiger partial charge < -0.3 is 23.5 Å². The van der Waals surface area contributed by atoms with E-state index in [1.54, 1.807) is 13.8 Å². The van der Waals surface area contributed by atoms with E-state index in [1.807, 2.05) is 0 Å². The summed E-state index contributed by atoms with van der Waals surface area (Å²) >= 11 is -2.35. The summed E-state index contributed by atoms with van der Waals surface area (Å²) in [5, 5.41) is 0. The molecule has 0 radical (unpaired) electrons. The lowest BCUT2D eigenvalue weighted by Gasteiger charge is -2.17. The molecular weight excluding hydrogens is 352 g/mol. The summed E-state index contributed by atoms with van der Waals surface area (Å²) in [6.45, 7) is 3.42. The molecule has 9 heteroatoms. The van der Waals surface area contributed by atoms with E-state index in [0.29, 0.717) is 5.75 Å². The maximum absolute atomic E-state index is 12.1. The largest absolute Gasteiger partial charge is 0.493 e. The highest BCUT2D eigenvalue weighted by Gasteiger charge is 2.31. The maximum Gasteiger partial charge on any atom is 0.320 e. The van der Waals surface area contributed by atoms with Gasteiger partial charge in [0.15, 0.2) is 28.5 Å². The molecule has 25 heavy (non-hydrogen) atoms. The Balaban J connectivity index is 3.32. The van der Waals surface area contributed by atoms with E-state index in [4.69, 9.17) is 18.9 Å². The molecule has 1 atom stereocenters. The molecule has 0 aromatic heterocycles. The Labute approximate surface area is 148 Å². The van der Waals surface area contributed by atoms with E-state index >= 15 is 0 Å². The van der Waals surface area contributed by atoms with Crippen molar-refractivity contribution in [2.24, 2.45) is 5.92 Å². The molecule has 0 amide bonds. The van der Waals surface area contributed by atoms with Gasteiger partial charge in [0, 0.05) is 6.07 Å². The van der Waals surface area contributed by atoms with Gasteiger partial charge in [0.2, 0.25) is 0 Å². The summed E-state index contributed by atoms with van der Waals surface area (Å²) in [5.41, 5.74) is 0.282. The molecule has 0 aliphatic rings. The standard InChI is InChI=1S/C16H22O8S/c1-5-23-15(17)11(16(18)24-6-2)7-10-8-12(21-3)13(22-4)9-14(10)25(19)20/h8-9,11H,5-7H2,1-4H3,(H,19,20). The average Bonchev–Trinajstić information content (AvgIpc) is 2.58. The van der Waals surface area contributed by atoms with Crippen LogP contribution in [0.2, 0.25) is 0 Å². The van der Waals surface area contributed by atoms with Crippen molar-refractivity contribution in [2.45, 2.75) is 25.2 Å². The SMILES string of the molecule is CCOC(=O)C(Cc1cc(OC)c(OC)cc1S(=O)O)C(=O)OCC. The number of benzene rings is 1. The number of carbonyl (C=O) groups excluding carboxylic acids is 2. The van der Waals surface area contributed by atoms with Crippen LogP contribution in [0.25, 0.3) is 0 Å². The molecule has 0 bridgehead atoms. The van der Waals surface area contributed by atoms with E-state index < -0.39 is 28.9 Å². The predicted molar refractivity (Wildman–Crippen MR) is 89.0 cm³/mol. The van der Waals surface area contributed by atoms with E-state index in [-0.39, 0.29) is 35.8 Å². The molecule has 0 fully saturated rings. The van der Waals surface area contributed by atoms with Gasteiger partial charge in [0.1, 0.15) is 0 Å². The molecule has 0 spiro atoms. The zero-order valence-electron chi connectivity index (χ0n) is 14.6. The Morgan fingerprint density at radius 1 is 1.04 bits per heavy atom. The third-order valence-electron chi connectivity index (χ3n) is 3.32. The van der Waals surface area contributed by atoms with E-state index in [9.17, 15) is 18.4 Å². The van der Waals surface area contributed by atoms with Gasteiger partial charge in [-0.2, -0.15) is 0 Å². The lowest BCUT2D eigenvalue weighted by Crippen LogP contribution is -2.30. The number of rotatable bonds is 9. The Kier molecular flexibility index (Phi) is 8.36. The normalized spacial score (nSPS) is 11.8. The van der Waals surface area contributed by atoms with Gasteiger partial charge >= 0.3 is 11.9 Å². The van der Waals surface area contributed by atoms with Crippen molar-refractivity contribution in [1.29, 1.82) is 0 Å². The molecule has 8 nitrogen and oxygen atoms in total. The second kappa shape index (κ2) is 10.00. The second-order valence-electron chi connectivity index (χ2n) is 4.82. The van der Waals surface area contributed by atoms with Crippen LogP contribution in [0.15, 0.2) is 17.0 Å². The van der Waals surface area contributed by atoms with E-state index in [1.165, 1.54) is 26.4 Å². The predicted octanol–water partition coefficient (Wildman–Crippen LogP) is 1.57. The molecule has 0 aliphatic carbocycles. The Bertz CT molecular complexity index is 625. The fourth-order valence-electron chi connectivity index (χ4n) is 2.19. The van der Waals surface area contributed by atoms with Crippen LogP contribution >= 0.6 is 0 Å². The van der Waals surface area contributed by atoms with Crippen LogP contribution in [0.4, 0.5) is 0 Å². The van der Waals surface area contributed by atoms with Gasteiger partial charge in [0.25, 0.3) is 0 Å². The Morgan fingerprint density at radius 3 is 1.92 bits per heavy atom. The number of ether oxygens (including phenoxy) is 4. The zero-order chi connectivity index (χ0) is 19.0. The summed E-state index contributed by atoms with van der Waals surface area (Å²) < 4.78 is 41.3. The maximum atomic E-state index is 12.1. The van der Waals surface area contributed by atoms with Crippen molar-refractivity contribution in [3.8, 4) is 11.5 Å². The third kappa shape index (κ3) is 5.43. The molecule has 1 unspecified atom stereocenters. The number of hydrogen-bond acceptors (Lipinski definition) is 7. The Morgan fingerprint density at radius 2 is 1.52 bits per heavy atom. The zero-order valence-corrected chi connectivity index (χ0v) is 15.4. The highest BCUT2D eigenvalue weighted by Crippen LogP contribution is 2.33. The minimum atomic E-state index is -2.35. The average molecular weight is 374 g/mol. The fraction of sp³-hybridized carbons (Fsp3) is 0.500. The smallest absolute Gasteiger partial charge is 0.320 e. The lowest BCUT2D eigenvalue weighted by molar-refractivity contribution is -0.161.